The topological polar surface area (TPSA) is 97.8 Å². The SMILES string of the molecule is COC(=O)c1ccccc1NC(=O)Cc1ccc(Oc2ccc(O)cc2)nc1. The van der Waals surface area contributed by atoms with Crippen LogP contribution in [-0.4, -0.2) is 29.1 Å². The van der Waals surface area contributed by atoms with Gasteiger partial charge >= 0.3 is 5.97 Å². The molecule has 7 nitrogen and oxygen atoms in total. The number of phenols is 1. The van der Waals surface area contributed by atoms with Gasteiger partial charge in [0.05, 0.1) is 24.8 Å². The summed E-state index contributed by atoms with van der Waals surface area (Å²) in [5, 5.41) is 12.0. The van der Waals surface area contributed by atoms with Gasteiger partial charge in [0.1, 0.15) is 11.5 Å². The van der Waals surface area contributed by atoms with E-state index in [0.717, 1.165) is 0 Å². The van der Waals surface area contributed by atoms with Crippen molar-refractivity contribution in [3.8, 4) is 17.4 Å². The van der Waals surface area contributed by atoms with Gasteiger partial charge in [0, 0.05) is 12.3 Å². The molecular formula is C21H18N2O5. The number of benzene rings is 2. The molecule has 0 bridgehead atoms. The van der Waals surface area contributed by atoms with Crippen molar-refractivity contribution in [2.24, 2.45) is 0 Å². The summed E-state index contributed by atoms with van der Waals surface area (Å²) in [7, 11) is 1.29. The molecule has 0 spiro atoms. The Kier molecular flexibility index (Phi) is 5.86. The van der Waals surface area contributed by atoms with Gasteiger partial charge in [-0.2, -0.15) is 0 Å². The predicted octanol–water partition coefficient (Wildman–Crippen LogP) is 3.55. The number of pyridine rings is 1. The zero-order valence-electron chi connectivity index (χ0n) is 15.1. The summed E-state index contributed by atoms with van der Waals surface area (Å²) >= 11 is 0. The lowest BCUT2D eigenvalue weighted by Crippen LogP contribution is -2.17. The standard InChI is InChI=1S/C21H18N2O5/c1-27-21(26)17-4-2-3-5-18(17)23-19(25)12-14-6-11-20(22-13-14)28-16-9-7-15(24)8-10-16/h2-11,13,24H,12H2,1H3,(H,23,25). The van der Waals surface area contributed by atoms with Crippen LogP contribution in [0.1, 0.15) is 15.9 Å². The summed E-state index contributed by atoms with van der Waals surface area (Å²) in [5.74, 6) is 0.246. The molecule has 0 aliphatic heterocycles. The molecule has 1 aromatic heterocycles. The molecule has 3 aromatic rings. The second-order valence-corrected chi connectivity index (χ2v) is 5.86. The number of esters is 1. The average Bonchev–Trinajstić information content (AvgIpc) is 2.71. The first-order valence-electron chi connectivity index (χ1n) is 8.44. The minimum absolute atomic E-state index is 0.0853. The Morgan fingerprint density at radius 1 is 1.04 bits per heavy atom. The maximum absolute atomic E-state index is 12.3. The first-order valence-corrected chi connectivity index (χ1v) is 8.44. The van der Waals surface area contributed by atoms with Gasteiger partial charge in [-0.15, -0.1) is 0 Å². The van der Waals surface area contributed by atoms with E-state index in [1.54, 1.807) is 54.7 Å². The summed E-state index contributed by atoms with van der Waals surface area (Å²) in [6.07, 6.45) is 1.63. The highest BCUT2D eigenvalue weighted by atomic mass is 16.5. The molecule has 0 atom stereocenters. The van der Waals surface area contributed by atoms with Crippen molar-refractivity contribution in [3.63, 3.8) is 0 Å². The molecule has 28 heavy (non-hydrogen) atoms. The van der Waals surface area contributed by atoms with Crippen LogP contribution in [0.2, 0.25) is 0 Å². The molecule has 0 fully saturated rings. The number of phenolic OH excluding ortho intramolecular Hbond substituents is 1. The minimum atomic E-state index is -0.520. The molecule has 1 amide bonds. The molecule has 0 saturated heterocycles. The summed E-state index contributed by atoms with van der Waals surface area (Å²) < 4.78 is 10.3. The smallest absolute Gasteiger partial charge is 0.339 e. The van der Waals surface area contributed by atoms with E-state index in [2.05, 4.69) is 10.3 Å². The van der Waals surface area contributed by atoms with E-state index in [4.69, 9.17) is 9.47 Å². The van der Waals surface area contributed by atoms with E-state index < -0.39 is 5.97 Å². The molecule has 0 radical (unpaired) electrons. The molecular weight excluding hydrogens is 360 g/mol. The van der Waals surface area contributed by atoms with Crippen LogP contribution in [0.5, 0.6) is 17.4 Å². The monoisotopic (exact) mass is 378 g/mol. The van der Waals surface area contributed by atoms with E-state index in [9.17, 15) is 14.7 Å². The van der Waals surface area contributed by atoms with Gasteiger partial charge in [0.2, 0.25) is 11.8 Å². The van der Waals surface area contributed by atoms with Gasteiger partial charge in [0.25, 0.3) is 0 Å². The largest absolute Gasteiger partial charge is 0.508 e. The molecule has 1 heterocycles. The lowest BCUT2D eigenvalue weighted by molar-refractivity contribution is -0.115. The summed E-state index contributed by atoms with van der Waals surface area (Å²) in [4.78, 5) is 28.3. The molecule has 2 aromatic carbocycles. The molecule has 0 saturated carbocycles. The summed E-state index contributed by atoms with van der Waals surface area (Å²) in [6, 6.07) is 16.3. The number of para-hydroxylation sites is 1. The van der Waals surface area contributed by atoms with Crippen LogP contribution in [-0.2, 0) is 16.0 Å². The summed E-state index contributed by atoms with van der Waals surface area (Å²) in [6.45, 7) is 0. The number of amides is 1. The Bertz CT molecular complexity index is 969. The number of methoxy groups -OCH3 is 1. The highest BCUT2D eigenvalue weighted by molar-refractivity contribution is 6.01. The maximum Gasteiger partial charge on any atom is 0.339 e. The van der Waals surface area contributed by atoms with Gasteiger partial charge < -0.3 is 19.9 Å². The fraction of sp³-hybridized carbons (Fsp3) is 0.0952. The van der Waals surface area contributed by atoms with Crippen LogP contribution < -0.4 is 10.1 Å². The molecule has 2 N–H and O–H groups in total. The van der Waals surface area contributed by atoms with Gasteiger partial charge in [-0.05, 0) is 42.0 Å². The average molecular weight is 378 g/mol. The van der Waals surface area contributed by atoms with Crippen molar-refractivity contribution in [1.82, 2.24) is 4.98 Å². The molecule has 7 heteroatoms. The highest BCUT2D eigenvalue weighted by Gasteiger charge is 2.13. The van der Waals surface area contributed by atoms with E-state index in [-0.39, 0.29) is 23.6 Å². The maximum atomic E-state index is 12.3. The lowest BCUT2D eigenvalue weighted by atomic mass is 10.1. The molecule has 0 unspecified atom stereocenters. The second-order valence-electron chi connectivity index (χ2n) is 5.86. The van der Waals surface area contributed by atoms with Crippen molar-refractivity contribution >= 4 is 17.6 Å². The van der Waals surface area contributed by atoms with E-state index in [1.807, 2.05) is 0 Å². The Morgan fingerprint density at radius 2 is 1.79 bits per heavy atom. The number of aromatic nitrogens is 1. The number of nitrogens with one attached hydrogen (secondary N) is 1. The second kappa shape index (κ2) is 8.68. The number of carbonyl (C=O) groups is 2. The van der Waals surface area contributed by atoms with Crippen LogP contribution in [0, 0.1) is 0 Å². The molecule has 142 valence electrons. The lowest BCUT2D eigenvalue weighted by Gasteiger charge is -2.10. The number of rotatable bonds is 6. The zero-order valence-corrected chi connectivity index (χ0v) is 15.1. The molecule has 3 rings (SSSR count). The van der Waals surface area contributed by atoms with E-state index >= 15 is 0 Å². The Labute approximate surface area is 161 Å². The number of aromatic hydroxyl groups is 1. The van der Waals surface area contributed by atoms with Crippen molar-refractivity contribution in [3.05, 3.63) is 78.0 Å². The Morgan fingerprint density at radius 3 is 2.46 bits per heavy atom. The number of anilines is 1. The van der Waals surface area contributed by atoms with E-state index in [0.29, 0.717) is 22.9 Å². The van der Waals surface area contributed by atoms with Gasteiger partial charge in [-0.3, -0.25) is 4.79 Å². The van der Waals surface area contributed by atoms with Gasteiger partial charge in [0.15, 0.2) is 0 Å². The third-order valence-electron chi connectivity index (χ3n) is 3.83. The third-order valence-corrected chi connectivity index (χ3v) is 3.83. The van der Waals surface area contributed by atoms with Crippen LogP contribution in [0.15, 0.2) is 66.9 Å². The quantitative estimate of drug-likeness (QED) is 0.637. The number of nitrogens with zero attached hydrogens (tertiary/aromatic N) is 1. The number of hydrogen-bond acceptors (Lipinski definition) is 6. The van der Waals surface area contributed by atoms with Crippen molar-refractivity contribution in [1.29, 1.82) is 0 Å². The van der Waals surface area contributed by atoms with Crippen molar-refractivity contribution in [2.75, 3.05) is 12.4 Å². The first kappa shape index (κ1) is 18.9. The fourth-order valence-corrected chi connectivity index (χ4v) is 2.47. The molecule has 0 aliphatic rings. The van der Waals surface area contributed by atoms with Crippen LogP contribution in [0.4, 0.5) is 5.69 Å². The molecule has 0 aliphatic carbocycles. The Balaban J connectivity index is 1.62. The van der Waals surface area contributed by atoms with Crippen molar-refractivity contribution in [2.45, 2.75) is 6.42 Å². The number of hydrogen-bond donors (Lipinski definition) is 2. The minimum Gasteiger partial charge on any atom is -0.508 e. The van der Waals surface area contributed by atoms with Gasteiger partial charge in [-0.1, -0.05) is 18.2 Å². The van der Waals surface area contributed by atoms with Crippen LogP contribution >= 0.6 is 0 Å². The highest BCUT2D eigenvalue weighted by Crippen LogP contribution is 2.22. The summed E-state index contributed by atoms with van der Waals surface area (Å²) in [5.41, 5.74) is 1.36. The normalized spacial score (nSPS) is 10.2. The first-order chi connectivity index (χ1) is 13.5. The van der Waals surface area contributed by atoms with Crippen LogP contribution in [0.25, 0.3) is 0 Å². The fourth-order valence-electron chi connectivity index (χ4n) is 2.47. The van der Waals surface area contributed by atoms with Crippen LogP contribution in [0.3, 0.4) is 0 Å². The van der Waals surface area contributed by atoms with Crippen molar-refractivity contribution < 1.29 is 24.2 Å². The third kappa shape index (κ3) is 4.85. The zero-order chi connectivity index (χ0) is 19.9. The Hall–Kier alpha value is -3.87. The van der Waals surface area contributed by atoms with Gasteiger partial charge in [-0.25, -0.2) is 9.78 Å². The number of carbonyl (C=O) groups excluding carboxylic acids is 2. The number of ether oxygens (including phenoxy) is 2. The predicted molar refractivity (Wildman–Crippen MR) is 103 cm³/mol. The van der Waals surface area contributed by atoms with E-state index in [1.165, 1.54) is 19.2 Å².